The molecule has 1 heterocycles. The second-order valence-corrected chi connectivity index (χ2v) is 5.02. The van der Waals surface area contributed by atoms with Crippen LogP contribution in [0.3, 0.4) is 0 Å². The highest BCUT2D eigenvalue weighted by atomic mass is 19.2. The molecule has 1 aliphatic rings. The first-order valence-electron chi connectivity index (χ1n) is 7.05. The van der Waals surface area contributed by atoms with Gasteiger partial charge in [-0.3, -0.25) is 9.69 Å². The van der Waals surface area contributed by atoms with Crippen LogP contribution in [0.1, 0.15) is 30.6 Å². The summed E-state index contributed by atoms with van der Waals surface area (Å²) in [6, 6.07) is 4.04. The molecule has 0 N–H and O–H groups in total. The van der Waals surface area contributed by atoms with Gasteiger partial charge in [-0.15, -0.1) is 0 Å². The first-order valence-corrected chi connectivity index (χ1v) is 7.05. The number of carbonyl (C=O) groups is 1. The summed E-state index contributed by atoms with van der Waals surface area (Å²) in [5.41, 5.74) is -0.176. The minimum atomic E-state index is -1.05. The Balaban J connectivity index is 2.10. The standard InChI is InChI=1S/C15H20F2N2O/c1-3-18(4-2)11-8-9-19(10-11)15(20)12-6-5-7-13(16)14(12)17/h5-7,11H,3-4,8-10H2,1-2H3. The van der Waals surface area contributed by atoms with E-state index in [0.29, 0.717) is 19.1 Å². The molecule has 110 valence electrons. The Hall–Kier alpha value is -1.49. The number of hydrogen-bond acceptors (Lipinski definition) is 2. The fourth-order valence-corrected chi connectivity index (χ4v) is 2.80. The molecule has 0 saturated carbocycles. The molecule has 1 fully saturated rings. The maximum Gasteiger partial charge on any atom is 0.256 e. The van der Waals surface area contributed by atoms with Gasteiger partial charge >= 0.3 is 0 Å². The van der Waals surface area contributed by atoms with Crippen molar-refractivity contribution in [3.63, 3.8) is 0 Å². The first-order chi connectivity index (χ1) is 9.58. The number of carbonyl (C=O) groups excluding carboxylic acids is 1. The van der Waals surface area contributed by atoms with Gasteiger partial charge in [-0.2, -0.15) is 0 Å². The number of likely N-dealkylation sites (tertiary alicyclic amines) is 1. The molecule has 1 aromatic rings. The summed E-state index contributed by atoms with van der Waals surface area (Å²) in [7, 11) is 0. The van der Waals surface area contributed by atoms with Crippen molar-refractivity contribution in [2.75, 3.05) is 26.2 Å². The topological polar surface area (TPSA) is 23.6 Å². The Kier molecular flexibility index (Phi) is 4.70. The molecule has 1 atom stereocenters. The van der Waals surface area contributed by atoms with Gasteiger partial charge in [-0.25, -0.2) is 8.78 Å². The minimum absolute atomic E-state index is 0.176. The highest BCUT2D eigenvalue weighted by Crippen LogP contribution is 2.20. The summed E-state index contributed by atoms with van der Waals surface area (Å²) in [5.74, 6) is -2.45. The van der Waals surface area contributed by atoms with Crippen LogP contribution in [0, 0.1) is 11.6 Å². The average molecular weight is 282 g/mol. The quantitative estimate of drug-likeness (QED) is 0.847. The van der Waals surface area contributed by atoms with Crippen molar-refractivity contribution in [3.8, 4) is 0 Å². The van der Waals surface area contributed by atoms with Crippen molar-refractivity contribution in [3.05, 3.63) is 35.4 Å². The van der Waals surface area contributed by atoms with Crippen LogP contribution in [-0.2, 0) is 0 Å². The van der Waals surface area contributed by atoms with E-state index in [1.807, 2.05) is 0 Å². The lowest BCUT2D eigenvalue weighted by Crippen LogP contribution is -2.38. The van der Waals surface area contributed by atoms with Gasteiger partial charge < -0.3 is 4.90 Å². The van der Waals surface area contributed by atoms with E-state index in [0.717, 1.165) is 25.6 Å². The largest absolute Gasteiger partial charge is 0.337 e. The predicted octanol–water partition coefficient (Wildman–Crippen LogP) is 2.52. The van der Waals surface area contributed by atoms with Crippen molar-refractivity contribution in [1.29, 1.82) is 0 Å². The van der Waals surface area contributed by atoms with Gasteiger partial charge in [0.15, 0.2) is 11.6 Å². The number of rotatable bonds is 4. The first kappa shape index (κ1) is 14.9. The summed E-state index contributed by atoms with van der Waals surface area (Å²) in [6.45, 7) is 7.20. The molecule has 20 heavy (non-hydrogen) atoms. The summed E-state index contributed by atoms with van der Waals surface area (Å²) in [5, 5.41) is 0. The van der Waals surface area contributed by atoms with E-state index in [4.69, 9.17) is 0 Å². The fourth-order valence-electron chi connectivity index (χ4n) is 2.80. The van der Waals surface area contributed by atoms with Crippen LogP contribution in [0.5, 0.6) is 0 Å². The normalized spacial score (nSPS) is 18.9. The molecule has 1 aromatic carbocycles. The van der Waals surface area contributed by atoms with Gasteiger partial charge in [0, 0.05) is 19.1 Å². The van der Waals surface area contributed by atoms with Crippen LogP contribution in [0.4, 0.5) is 8.78 Å². The third kappa shape index (κ3) is 2.82. The molecule has 0 bridgehead atoms. The Morgan fingerprint density at radius 3 is 2.70 bits per heavy atom. The number of benzene rings is 1. The van der Waals surface area contributed by atoms with Crippen LogP contribution in [0.2, 0.25) is 0 Å². The molecule has 2 rings (SSSR count). The van der Waals surface area contributed by atoms with Crippen molar-refractivity contribution < 1.29 is 13.6 Å². The zero-order valence-electron chi connectivity index (χ0n) is 11.9. The maximum absolute atomic E-state index is 13.7. The van der Waals surface area contributed by atoms with Gasteiger partial charge in [0.25, 0.3) is 5.91 Å². The van der Waals surface area contributed by atoms with Crippen molar-refractivity contribution in [1.82, 2.24) is 9.80 Å². The molecule has 0 aliphatic carbocycles. The van der Waals surface area contributed by atoms with E-state index in [2.05, 4.69) is 18.7 Å². The number of nitrogens with zero attached hydrogens (tertiary/aromatic N) is 2. The number of halogens is 2. The van der Waals surface area contributed by atoms with E-state index >= 15 is 0 Å². The van der Waals surface area contributed by atoms with E-state index in [1.54, 1.807) is 4.90 Å². The van der Waals surface area contributed by atoms with Gasteiger partial charge in [0.2, 0.25) is 0 Å². The second kappa shape index (κ2) is 6.31. The smallest absolute Gasteiger partial charge is 0.256 e. The number of likely N-dealkylation sites (N-methyl/N-ethyl adjacent to an activating group) is 1. The highest BCUT2D eigenvalue weighted by Gasteiger charge is 2.31. The highest BCUT2D eigenvalue weighted by molar-refractivity contribution is 5.94. The van der Waals surface area contributed by atoms with Crippen LogP contribution in [0.25, 0.3) is 0 Å². The fraction of sp³-hybridized carbons (Fsp3) is 0.533. The van der Waals surface area contributed by atoms with Crippen molar-refractivity contribution in [2.45, 2.75) is 26.3 Å². The number of hydrogen-bond donors (Lipinski definition) is 0. The van der Waals surface area contributed by atoms with E-state index in [-0.39, 0.29) is 5.56 Å². The molecular weight excluding hydrogens is 262 g/mol. The third-order valence-corrected chi connectivity index (χ3v) is 3.96. The zero-order chi connectivity index (χ0) is 14.7. The summed E-state index contributed by atoms with van der Waals surface area (Å²) in [4.78, 5) is 16.2. The second-order valence-electron chi connectivity index (χ2n) is 5.02. The predicted molar refractivity (Wildman–Crippen MR) is 73.6 cm³/mol. The van der Waals surface area contributed by atoms with Crippen LogP contribution in [0.15, 0.2) is 18.2 Å². The van der Waals surface area contributed by atoms with Gasteiger partial charge in [-0.1, -0.05) is 19.9 Å². The molecular formula is C15H20F2N2O. The molecule has 0 spiro atoms. The van der Waals surface area contributed by atoms with E-state index in [1.165, 1.54) is 12.1 Å². The summed E-state index contributed by atoms with van der Waals surface area (Å²) >= 11 is 0. The third-order valence-electron chi connectivity index (χ3n) is 3.96. The van der Waals surface area contributed by atoms with Crippen LogP contribution >= 0.6 is 0 Å². The van der Waals surface area contributed by atoms with Gasteiger partial charge in [0.1, 0.15) is 0 Å². The van der Waals surface area contributed by atoms with Gasteiger partial charge in [0.05, 0.1) is 5.56 Å². The molecule has 1 unspecified atom stereocenters. The monoisotopic (exact) mass is 282 g/mol. The Morgan fingerprint density at radius 1 is 1.35 bits per heavy atom. The Labute approximate surface area is 118 Å². The van der Waals surface area contributed by atoms with Crippen molar-refractivity contribution >= 4 is 5.91 Å². The van der Waals surface area contributed by atoms with E-state index in [9.17, 15) is 13.6 Å². The maximum atomic E-state index is 13.7. The Morgan fingerprint density at radius 2 is 2.05 bits per heavy atom. The molecule has 0 aromatic heterocycles. The van der Waals surface area contributed by atoms with Crippen LogP contribution in [-0.4, -0.2) is 47.9 Å². The molecule has 0 radical (unpaired) electrons. The summed E-state index contributed by atoms with van der Waals surface area (Å²) < 4.78 is 26.8. The molecule has 5 heteroatoms. The zero-order valence-corrected chi connectivity index (χ0v) is 11.9. The molecule has 1 amide bonds. The number of amides is 1. The van der Waals surface area contributed by atoms with Crippen LogP contribution < -0.4 is 0 Å². The summed E-state index contributed by atoms with van der Waals surface area (Å²) in [6.07, 6.45) is 0.879. The molecule has 1 saturated heterocycles. The Bertz CT molecular complexity index is 489. The van der Waals surface area contributed by atoms with Crippen molar-refractivity contribution in [2.24, 2.45) is 0 Å². The molecule has 3 nitrogen and oxygen atoms in total. The lowest BCUT2D eigenvalue weighted by molar-refractivity contribution is 0.0772. The molecule has 1 aliphatic heterocycles. The van der Waals surface area contributed by atoms with E-state index < -0.39 is 17.5 Å². The average Bonchev–Trinajstić information content (AvgIpc) is 2.92. The minimum Gasteiger partial charge on any atom is -0.337 e. The lowest BCUT2D eigenvalue weighted by atomic mass is 10.2. The lowest BCUT2D eigenvalue weighted by Gasteiger charge is -2.26. The van der Waals surface area contributed by atoms with Gasteiger partial charge in [-0.05, 0) is 31.6 Å². The SMILES string of the molecule is CCN(CC)C1CCN(C(=O)c2cccc(F)c2F)C1.